The van der Waals surface area contributed by atoms with E-state index in [-0.39, 0.29) is 12.1 Å². The summed E-state index contributed by atoms with van der Waals surface area (Å²) in [5, 5.41) is 4.29. The number of aromatic nitrogens is 1. The van der Waals surface area contributed by atoms with E-state index in [4.69, 9.17) is 32.7 Å². The highest BCUT2D eigenvalue weighted by Crippen LogP contribution is 2.23. The molecule has 0 aliphatic carbocycles. The van der Waals surface area contributed by atoms with Crippen LogP contribution in [0.5, 0.6) is 0 Å². The van der Waals surface area contributed by atoms with Gasteiger partial charge in [0.2, 0.25) is 0 Å². The summed E-state index contributed by atoms with van der Waals surface area (Å²) in [5.74, 6) is 0. The normalized spacial score (nSPS) is 21.3. The van der Waals surface area contributed by atoms with E-state index in [0.717, 1.165) is 11.1 Å². The number of ether oxygens (including phenoxy) is 2. The van der Waals surface area contributed by atoms with Gasteiger partial charge in [0.05, 0.1) is 38.5 Å². The summed E-state index contributed by atoms with van der Waals surface area (Å²) in [5.41, 5.74) is 2.14. The Labute approximate surface area is 145 Å². The van der Waals surface area contributed by atoms with E-state index in [9.17, 15) is 0 Å². The summed E-state index contributed by atoms with van der Waals surface area (Å²) < 4.78 is 11.5. The van der Waals surface area contributed by atoms with Gasteiger partial charge >= 0.3 is 0 Å². The SMILES string of the molecule is Clc1cc([C@@H]2COC[C@@H](COCc3ccccc3)N2)cc(Cl)n1. The molecule has 1 saturated heterocycles. The van der Waals surface area contributed by atoms with Crippen molar-refractivity contribution in [1.82, 2.24) is 10.3 Å². The summed E-state index contributed by atoms with van der Waals surface area (Å²) >= 11 is 11.9. The Kier molecular flexibility index (Phi) is 5.86. The van der Waals surface area contributed by atoms with Crippen LogP contribution < -0.4 is 5.32 Å². The van der Waals surface area contributed by atoms with Crippen molar-refractivity contribution >= 4 is 23.2 Å². The minimum Gasteiger partial charge on any atom is -0.378 e. The number of hydrogen-bond acceptors (Lipinski definition) is 4. The molecule has 1 N–H and O–H groups in total. The average Bonchev–Trinajstić information content (AvgIpc) is 2.55. The number of rotatable bonds is 5. The van der Waals surface area contributed by atoms with E-state index in [1.807, 2.05) is 30.3 Å². The zero-order chi connectivity index (χ0) is 16.1. The number of hydrogen-bond donors (Lipinski definition) is 1. The van der Waals surface area contributed by atoms with Crippen molar-refractivity contribution in [2.45, 2.75) is 18.7 Å². The molecule has 1 aliphatic rings. The van der Waals surface area contributed by atoms with Gasteiger partial charge in [-0.15, -0.1) is 0 Å². The fourth-order valence-electron chi connectivity index (χ4n) is 2.58. The van der Waals surface area contributed by atoms with Gasteiger partial charge in [-0.2, -0.15) is 0 Å². The molecule has 0 saturated carbocycles. The monoisotopic (exact) mass is 352 g/mol. The molecule has 1 fully saturated rings. The van der Waals surface area contributed by atoms with Crippen LogP contribution in [0.3, 0.4) is 0 Å². The highest BCUT2D eigenvalue weighted by molar-refractivity contribution is 6.32. The van der Waals surface area contributed by atoms with Crippen LogP contribution >= 0.6 is 23.2 Å². The Morgan fingerprint density at radius 3 is 2.61 bits per heavy atom. The largest absolute Gasteiger partial charge is 0.378 e. The lowest BCUT2D eigenvalue weighted by atomic mass is 10.1. The van der Waals surface area contributed by atoms with Gasteiger partial charge in [-0.1, -0.05) is 53.5 Å². The molecule has 0 amide bonds. The van der Waals surface area contributed by atoms with Crippen LogP contribution in [0.15, 0.2) is 42.5 Å². The first-order valence-electron chi connectivity index (χ1n) is 7.49. The van der Waals surface area contributed by atoms with Crippen LogP contribution in [0, 0.1) is 0 Å². The Morgan fingerprint density at radius 1 is 1.13 bits per heavy atom. The first-order chi connectivity index (χ1) is 11.2. The second kappa shape index (κ2) is 8.08. The lowest BCUT2D eigenvalue weighted by Gasteiger charge is -2.31. The first kappa shape index (κ1) is 16.7. The van der Waals surface area contributed by atoms with Crippen LogP contribution in [0.25, 0.3) is 0 Å². The number of pyridine rings is 1. The summed E-state index contributed by atoms with van der Waals surface area (Å²) in [4.78, 5) is 3.97. The Hall–Kier alpha value is -1.17. The molecule has 0 bridgehead atoms. The smallest absolute Gasteiger partial charge is 0.131 e. The average molecular weight is 353 g/mol. The molecule has 1 aromatic heterocycles. The van der Waals surface area contributed by atoms with Crippen molar-refractivity contribution in [3.63, 3.8) is 0 Å². The van der Waals surface area contributed by atoms with Gasteiger partial charge in [-0.25, -0.2) is 4.98 Å². The summed E-state index contributed by atoms with van der Waals surface area (Å²) in [7, 11) is 0. The zero-order valence-corrected chi connectivity index (χ0v) is 14.1. The standard InChI is InChI=1S/C17H18Cl2N2O2/c18-16-6-13(7-17(19)21-16)15-11-23-10-14(20-15)9-22-8-12-4-2-1-3-5-12/h1-7,14-15,20H,8-11H2/t14-,15+/m1/s1. The number of benzene rings is 1. The van der Waals surface area contributed by atoms with Crippen molar-refractivity contribution in [1.29, 1.82) is 0 Å². The molecular formula is C17H18Cl2N2O2. The molecule has 6 heteroatoms. The van der Waals surface area contributed by atoms with Crippen LogP contribution in [0.1, 0.15) is 17.2 Å². The predicted octanol–water partition coefficient (Wildman–Crippen LogP) is 3.63. The van der Waals surface area contributed by atoms with Crippen LogP contribution in [0.4, 0.5) is 0 Å². The van der Waals surface area contributed by atoms with E-state index in [0.29, 0.717) is 36.7 Å². The quantitative estimate of drug-likeness (QED) is 0.834. The Bertz CT molecular complexity index is 619. The molecule has 2 heterocycles. The highest BCUT2D eigenvalue weighted by Gasteiger charge is 2.23. The summed E-state index contributed by atoms with van der Waals surface area (Å²) in [6, 6.07) is 13.9. The van der Waals surface area contributed by atoms with E-state index < -0.39 is 0 Å². The molecule has 0 spiro atoms. The van der Waals surface area contributed by atoms with Gasteiger partial charge in [0.15, 0.2) is 0 Å². The van der Waals surface area contributed by atoms with Gasteiger partial charge in [0.25, 0.3) is 0 Å². The fraction of sp³-hybridized carbons (Fsp3) is 0.353. The van der Waals surface area contributed by atoms with Gasteiger partial charge < -0.3 is 14.8 Å². The van der Waals surface area contributed by atoms with E-state index in [1.54, 1.807) is 0 Å². The maximum Gasteiger partial charge on any atom is 0.131 e. The van der Waals surface area contributed by atoms with Gasteiger partial charge in [-0.3, -0.25) is 0 Å². The number of morpholine rings is 1. The molecule has 0 radical (unpaired) electrons. The number of nitrogens with zero attached hydrogens (tertiary/aromatic N) is 1. The third kappa shape index (κ3) is 4.90. The summed E-state index contributed by atoms with van der Waals surface area (Å²) in [6.45, 7) is 2.37. The van der Waals surface area contributed by atoms with Crippen LogP contribution in [0.2, 0.25) is 10.3 Å². The zero-order valence-electron chi connectivity index (χ0n) is 12.5. The van der Waals surface area contributed by atoms with E-state index in [1.165, 1.54) is 0 Å². The van der Waals surface area contributed by atoms with Gasteiger partial charge in [0, 0.05) is 0 Å². The maximum atomic E-state index is 5.97. The minimum absolute atomic E-state index is 0.0343. The molecule has 0 unspecified atom stereocenters. The molecule has 23 heavy (non-hydrogen) atoms. The molecule has 122 valence electrons. The minimum atomic E-state index is 0.0343. The molecule has 3 rings (SSSR count). The lowest BCUT2D eigenvalue weighted by Crippen LogP contribution is -2.46. The molecular weight excluding hydrogens is 335 g/mol. The predicted molar refractivity (Wildman–Crippen MR) is 90.8 cm³/mol. The first-order valence-corrected chi connectivity index (χ1v) is 8.25. The van der Waals surface area contributed by atoms with Crippen molar-refractivity contribution < 1.29 is 9.47 Å². The third-order valence-corrected chi connectivity index (χ3v) is 4.05. The van der Waals surface area contributed by atoms with Crippen molar-refractivity contribution in [3.8, 4) is 0 Å². The van der Waals surface area contributed by atoms with Crippen molar-refractivity contribution in [3.05, 3.63) is 63.9 Å². The van der Waals surface area contributed by atoms with Gasteiger partial charge in [-0.05, 0) is 23.3 Å². The van der Waals surface area contributed by atoms with Crippen molar-refractivity contribution in [2.75, 3.05) is 19.8 Å². The van der Waals surface area contributed by atoms with Crippen molar-refractivity contribution in [2.24, 2.45) is 0 Å². The highest BCUT2D eigenvalue weighted by atomic mass is 35.5. The Morgan fingerprint density at radius 2 is 1.87 bits per heavy atom. The fourth-order valence-corrected chi connectivity index (χ4v) is 3.05. The second-order valence-corrected chi connectivity index (χ2v) is 6.27. The maximum absolute atomic E-state index is 5.97. The lowest BCUT2D eigenvalue weighted by molar-refractivity contribution is 0.00319. The molecule has 2 atom stereocenters. The van der Waals surface area contributed by atoms with Crippen LogP contribution in [-0.4, -0.2) is 30.8 Å². The van der Waals surface area contributed by atoms with Crippen LogP contribution in [-0.2, 0) is 16.1 Å². The third-order valence-electron chi connectivity index (χ3n) is 3.66. The van der Waals surface area contributed by atoms with Gasteiger partial charge in [0.1, 0.15) is 10.3 Å². The molecule has 4 nitrogen and oxygen atoms in total. The molecule has 1 aliphatic heterocycles. The number of halogens is 2. The summed E-state index contributed by atoms with van der Waals surface area (Å²) in [6.07, 6.45) is 0. The number of nitrogens with one attached hydrogen (secondary N) is 1. The van der Waals surface area contributed by atoms with E-state index in [2.05, 4.69) is 22.4 Å². The second-order valence-electron chi connectivity index (χ2n) is 5.50. The topological polar surface area (TPSA) is 43.4 Å². The molecule has 2 aromatic rings. The molecule has 1 aromatic carbocycles. The van der Waals surface area contributed by atoms with E-state index >= 15 is 0 Å². The Balaban J connectivity index is 1.53.